The number of anilines is 4. The first-order valence-corrected chi connectivity index (χ1v) is 25.3. The van der Waals surface area contributed by atoms with Crippen molar-refractivity contribution in [2.45, 2.75) is 85.0 Å². The Morgan fingerprint density at radius 2 is 1.18 bits per heavy atom. The summed E-state index contributed by atoms with van der Waals surface area (Å²) in [6.45, 7) is 22.7. The molecule has 372 valence electrons. The summed E-state index contributed by atoms with van der Waals surface area (Å²) < 4.78 is 9.34. The number of fused-ring (bicyclic) bond motifs is 4. The molecule has 3 heterocycles. The van der Waals surface area contributed by atoms with Crippen LogP contribution in [0.2, 0.25) is 0 Å². The average Bonchev–Trinajstić information content (AvgIpc) is 3.94. The summed E-state index contributed by atoms with van der Waals surface area (Å²) in [5, 5.41) is 2.20. The third-order valence-electron chi connectivity index (χ3n) is 14.5. The van der Waals surface area contributed by atoms with E-state index in [1.165, 1.54) is 38.9 Å². The number of benzene rings is 8. The molecule has 10 aromatic rings. The summed E-state index contributed by atoms with van der Waals surface area (Å²) in [6.07, 6.45) is 1.92. The van der Waals surface area contributed by atoms with Crippen molar-refractivity contribution < 1.29 is 25.8 Å². The molecule has 1 aliphatic rings. The molecule has 1 aliphatic heterocycles. The molecule has 0 saturated carbocycles. The van der Waals surface area contributed by atoms with Crippen LogP contribution in [-0.2, 0) is 31.9 Å². The van der Waals surface area contributed by atoms with Gasteiger partial charge in [-0.1, -0.05) is 183 Å². The molecule has 0 atom stereocenters. The van der Waals surface area contributed by atoms with Gasteiger partial charge in [-0.2, -0.15) is 6.07 Å². The second-order valence-electron chi connectivity index (χ2n) is 21.4. The standard InChI is InChI=1S/C67H61N4O.CH3.Pt/c1-44(2)56-26-19-27-57(45(3)4)65(56)48-36-53(70-43-69(61-28-16-17-29-62(61)70)52-25-18-24-51(39-52)67(8,9)49-22-14-11-15-23-49)41-55(37-48)72-54-31-32-58-59-38-47(46-20-12-10-13-21-46)30-33-60(59)71(63(58)42-54)64-40-50(34-35-68-64)66(5,6)7;;/h10-40,43-45H,1-9H3;1H3;/q-3;-1;+4. The Morgan fingerprint density at radius 3 is 1.86 bits per heavy atom. The van der Waals surface area contributed by atoms with Gasteiger partial charge in [0.25, 0.3) is 0 Å². The largest absolute Gasteiger partial charge is 4.00 e. The van der Waals surface area contributed by atoms with Crippen molar-refractivity contribution >= 4 is 44.6 Å². The van der Waals surface area contributed by atoms with Crippen molar-refractivity contribution in [3.8, 4) is 39.6 Å². The van der Waals surface area contributed by atoms with Gasteiger partial charge in [-0.15, -0.1) is 53.6 Å². The smallest absolute Gasteiger partial charge is 0.509 e. The molecule has 0 radical (unpaired) electrons. The molecule has 0 saturated heterocycles. The molecule has 11 rings (SSSR count). The zero-order valence-corrected chi connectivity index (χ0v) is 46.4. The summed E-state index contributed by atoms with van der Waals surface area (Å²) in [6, 6.07) is 72.9. The maximum Gasteiger partial charge on any atom is 4.00 e. The van der Waals surface area contributed by atoms with Crippen LogP contribution < -0.4 is 14.5 Å². The number of nitrogens with zero attached hydrogens (tertiary/aromatic N) is 4. The first-order valence-electron chi connectivity index (χ1n) is 25.3. The molecule has 8 aromatic carbocycles. The summed E-state index contributed by atoms with van der Waals surface area (Å²) in [5.41, 5.74) is 16.8. The molecule has 0 unspecified atom stereocenters. The van der Waals surface area contributed by atoms with Crippen LogP contribution >= 0.6 is 0 Å². The van der Waals surface area contributed by atoms with Gasteiger partial charge < -0.3 is 26.5 Å². The van der Waals surface area contributed by atoms with Crippen molar-refractivity contribution in [2.75, 3.05) is 9.80 Å². The molecular weight excluding hydrogens is 1080 g/mol. The van der Waals surface area contributed by atoms with Crippen LogP contribution in [-0.4, -0.2) is 9.55 Å². The van der Waals surface area contributed by atoms with Crippen LogP contribution in [0.15, 0.2) is 188 Å². The second-order valence-corrected chi connectivity index (χ2v) is 21.4. The zero-order chi connectivity index (χ0) is 49.9. The molecule has 0 amide bonds. The van der Waals surface area contributed by atoms with Gasteiger partial charge in [-0.3, -0.25) is 0 Å². The van der Waals surface area contributed by atoms with E-state index in [0.29, 0.717) is 23.3 Å². The van der Waals surface area contributed by atoms with Crippen molar-refractivity contribution in [2.24, 2.45) is 0 Å². The fraction of sp³-hybridized carbons (Fsp3) is 0.191. The Labute approximate surface area is 453 Å². The Morgan fingerprint density at radius 1 is 0.527 bits per heavy atom. The molecule has 0 N–H and O–H groups in total. The summed E-state index contributed by atoms with van der Waals surface area (Å²) in [4.78, 5) is 9.56. The molecule has 0 fully saturated rings. The van der Waals surface area contributed by atoms with Crippen LogP contribution in [0.5, 0.6) is 11.5 Å². The van der Waals surface area contributed by atoms with E-state index < -0.39 is 0 Å². The molecule has 74 heavy (non-hydrogen) atoms. The Bertz CT molecular complexity index is 3600. The summed E-state index contributed by atoms with van der Waals surface area (Å²) in [5.74, 6) is 2.62. The van der Waals surface area contributed by atoms with Gasteiger partial charge in [0.15, 0.2) is 0 Å². The van der Waals surface area contributed by atoms with Crippen molar-refractivity contribution in [1.82, 2.24) is 9.55 Å². The zero-order valence-electron chi connectivity index (χ0n) is 44.1. The number of para-hydroxylation sites is 2. The van der Waals surface area contributed by atoms with Gasteiger partial charge >= 0.3 is 21.1 Å². The van der Waals surface area contributed by atoms with Gasteiger partial charge in [-0.25, -0.2) is 4.98 Å². The van der Waals surface area contributed by atoms with E-state index in [4.69, 9.17) is 9.72 Å². The summed E-state index contributed by atoms with van der Waals surface area (Å²) >= 11 is 0. The van der Waals surface area contributed by atoms with Crippen molar-refractivity contribution in [1.29, 1.82) is 0 Å². The van der Waals surface area contributed by atoms with Gasteiger partial charge in [0.2, 0.25) is 0 Å². The van der Waals surface area contributed by atoms with Crippen LogP contribution in [0.4, 0.5) is 22.7 Å². The van der Waals surface area contributed by atoms with E-state index in [9.17, 15) is 0 Å². The SMILES string of the molecule is CC(C)c1cccc(C(C)C)c1-c1cc(Oc2[c-]c3c(cc2)c2cc(-c4ccccc4)ccc2n3-c2cc(C(C)(C)C)ccn2)[c-]c(N2[CH-]N(c3cccc(C(C)(C)c4ccccc4)c3)c3ccccc32)c1.[CH3-].[Pt+4]. The molecule has 0 spiro atoms. The van der Waals surface area contributed by atoms with E-state index in [0.717, 1.165) is 61.5 Å². The normalized spacial score (nSPS) is 12.6. The topological polar surface area (TPSA) is 33.5 Å². The maximum absolute atomic E-state index is 7.10. The first kappa shape index (κ1) is 51.7. The van der Waals surface area contributed by atoms with E-state index in [1.54, 1.807) is 0 Å². The van der Waals surface area contributed by atoms with Gasteiger partial charge in [0.1, 0.15) is 5.82 Å². The number of rotatable bonds is 11. The Hall–Kier alpha value is -7.20. The van der Waals surface area contributed by atoms with Crippen molar-refractivity contribution in [3.05, 3.63) is 242 Å². The van der Waals surface area contributed by atoms with E-state index in [1.807, 2.05) is 12.3 Å². The van der Waals surface area contributed by atoms with Gasteiger partial charge in [0.05, 0.1) is 0 Å². The first-order chi connectivity index (χ1) is 34.7. The molecule has 0 bridgehead atoms. The Balaban J connectivity index is 0.00000336. The van der Waals surface area contributed by atoms with Gasteiger partial charge in [0, 0.05) is 45.7 Å². The van der Waals surface area contributed by atoms with E-state index in [-0.39, 0.29) is 39.3 Å². The van der Waals surface area contributed by atoms with Crippen molar-refractivity contribution in [3.63, 3.8) is 0 Å². The molecule has 6 heteroatoms. The summed E-state index contributed by atoms with van der Waals surface area (Å²) in [7, 11) is 0. The van der Waals surface area contributed by atoms with Crippen LogP contribution in [0.1, 0.15) is 102 Å². The molecular formula is C68H64N4OPt. The molecule has 2 aromatic heterocycles. The van der Waals surface area contributed by atoms with Crippen LogP contribution in [0.3, 0.4) is 0 Å². The second kappa shape index (κ2) is 20.6. The third kappa shape index (κ3) is 9.59. The third-order valence-corrected chi connectivity index (χ3v) is 14.5. The minimum atomic E-state index is -0.199. The van der Waals surface area contributed by atoms with E-state index >= 15 is 0 Å². The number of aromatic nitrogens is 2. The molecule has 0 aliphatic carbocycles. The Kier molecular flexibility index (Phi) is 14.4. The van der Waals surface area contributed by atoms with Gasteiger partial charge in [-0.05, 0) is 110 Å². The number of ether oxygens (including phenoxy) is 1. The maximum atomic E-state index is 7.10. The number of pyridine rings is 1. The quantitative estimate of drug-likeness (QED) is 0.121. The minimum Gasteiger partial charge on any atom is -0.509 e. The predicted molar refractivity (Wildman–Crippen MR) is 307 cm³/mol. The van der Waals surface area contributed by atoms with Crippen LogP contribution in [0.25, 0.3) is 49.9 Å². The number of hydrogen-bond acceptors (Lipinski definition) is 4. The minimum absolute atomic E-state index is 0. The van der Waals surface area contributed by atoms with E-state index in [2.05, 4.69) is 271 Å². The predicted octanol–water partition coefficient (Wildman–Crippen LogP) is 18.6. The van der Waals surface area contributed by atoms with Crippen LogP contribution in [0, 0.1) is 26.2 Å². The number of hydrogen-bond donors (Lipinski definition) is 0. The fourth-order valence-corrected chi connectivity index (χ4v) is 10.5. The molecule has 5 nitrogen and oxygen atoms in total. The average molecular weight is 1150 g/mol. The monoisotopic (exact) mass is 1150 g/mol. The fourth-order valence-electron chi connectivity index (χ4n) is 10.5.